The number of rotatable bonds is 1. The van der Waals surface area contributed by atoms with Crippen molar-refractivity contribution in [3.63, 3.8) is 0 Å². The first-order valence-electron chi connectivity index (χ1n) is 3.80. The molecule has 1 aliphatic carbocycles. The lowest BCUT2D eigenvalue weighted by Gasteiger charge is -2.27. The summed E-state index contributed by atoms with van der Waals surface area (Å²) in [5, 5.41) is 26.8. The van der Waals surface area contributed by atoms with Crippen LogP contribution < -0.4 is 0 Å². The first kappa shape index (κ1) is 11.7. The van der Waals surface area contributed by atoms with Crippen LogP contribution in [0.1, 0.15) is 0 Å². The lowest BCUT2D eigenvalue weighted by atomic mass is 9.89. The van der Waals surface area contributed by atoms with Crippen LogP contribution in [0.2, 0.25) is 0 Å². The van der Waals surface area contributed by atoms with Gasteiger partial charge in [0.05, 0.1) is 5.57 Å². The highest BCUT2D eigenvalue weighted by Crippen LogP contribution is 2.33. The highest BCUT2D eigenvalue weighted by molar-refractivity contribution is 5.82. The average molecular weight is 224 g/mol. The molecule has 1 aliphatic rings. The summed E-state index contributed by atoms with van der Waals surface area (Å²) in [7, 11) is 0. The molecule has 3 N–H and O–H groups in total. The highest BCUT2D eigenvalue weighted by Gasteiger charge is 2.46. The van der Waals surface area contributed by atoms with Gasteiger partial charge in [0.25, 0.3) is 0 Å². The Morgan fingerprint density at radius 2 is 2.00 bits per heavy atom. The van der Waals surface area contributed by atoms with Crippen LogP contribution in [0.5, 0.6) is 0 Å². The molecule has 7 heteroatoms. The Labute approximate surface area is 81.9 Å². The Balaban J connectivity index is 3.17. The number of carboxylic acid groups (broad SMARTS) is 1. The Hall–Kier alpha value is -1.34. The highest BCUT2D eigenvalue weighted by atomic mass is 19.4. The third-order valence-corrected chi connectivity index (χ3v) is 1.95. The first-order valence-corrected chi connectivity index (χ1v) is 3.80. The standard InChI is InChI=1S/C8H7F3O4/c9-8(10,11)4-1-2-5(12)7(15,3-4)6(13)14/h1-3,5,12,15H,(H,13,14). The zero-order valence-electron chi connectivity index (χ0n) is 7.19. The SMILES string of the molecule is O=C(O)C1(O)C=C(C(F)(F)F)C=CC1O. The predicted molar refractivity (Wildman–Crippen MR) is 41.9 cm³/mol. The number of aliphatic hydroxyl groups excluding tert-OH is 1. The van der Waals surface area contributed by atoms with Crippen LogP contribution in [0.25, 0.3) is 0 Å². The number of carbonyl (C=O) groups is 1. The van der Waals surface area contributed by atoms with E-state index in [9.17, 15) is 23.1 Å². The molecule has 0 radical (unpaired) electrons. The van der Waals surface area contributed by atoms with E-state index in [-0.39, 0.29) is 6.08 Å². The molecule has 2 unspecified atom stereocenters. The summed E-state index contributed by atoms with van der Waals surface area (Å²) in [6, 6.07) is 0. The number of hydrogen-bond acceptors (Lipinski definition) is 3. The van der Waals surface area contributed by atoms with Crippen LogP contribution in [-0.2, 0) is 4.79 Å². The molecule has 0 fully saturated rings. The number of alkyl halides is 3. The smallest absolute Gasteiger partial charge is 0.416 e. The van der Waals surface area contributed by atoms with E-state index >= 15 is 0 Å². The van der Waals surface area contributed by atoms with Crippen molar-refractivity contribution in [2.45, 2.75) is 17.9 Å². The average Bonchev–Trinajstić information content (AvgIpc) is 2.07. The van der Waals surface area contributed by atoms with E-state index in [4.69, 9.17) is 10.2 Å². The maximum Gasteiger partial charge on any atom is 0.416 e. The Morgan fingerprint density at radius 1 is 1.47 bits per heavy atom. The third kappa shape index (κ3) is 2.02. The van der Waals surface area contributed by atoms with Crippen molar-refractivity contribution in [3.05, 3.63) is 23.8 Å². The minimum atomic E-state index is -4.76. The van der Waals surface area contributed by atoms with Crippen LogP contribution >= 0.6 is 0 Å². The van der Waals surface area contributed by atoms with E-state index in [2.05, 4.69) is 0 Å². The summed E-state index contributed by atoms with van der Waals surface area (Å²) in [5.41, 5.74) is -4.24. The molecule has 84 valence electrons. The Morgan fingerprint density at radius 3 is 2.40 bits per heavy atom. The van der Waals surface area contributed by atoms with Crippen LogP contribution in [0, 0.1) is 0 Å². The van der Waals surface area contributed by atoms with Crippen molar-refractivity contribution in [1.29, 1.82) is 0 Å². The molecule has 0 heterocycles. The van der Waals surface area contributed by atoms with Crippen LogP contribution in [0.15, 0.2) is 23.8 Å². The lowest BCUT2D eigenvalue weighted by Crippen LogP contribution is -2.49. The summed E-state index contributed by atoms with van der Waals surface area (Å²) in [6.45, 7) is 0. The third-order valence-electron chi connectivity index (χ3n) is 1.95. The Bertz CT molecular complexity index is 344. The molecule has 0 saturated heterocycles. The zero-order valence-corrected chi connectivity index (χ0v) is 7.19. The molecule has 0 aromatic heterocycles. The van der Waals surface area contributed by atoms with Crippen molar-refractivity contribution in [3.8, 4) is 0 Å². The maximum absolute atomic E-state index is 12.2. The minimum absolute atomic E-state index is 0.0833. The molecule has 4 nitrogen and oxygen atoms in total. The van der Waals surface area contributed by atoms with Gasteiger partial charge in [0.15, 0.2) is 0 Å². The second-order valence-electron chi connectivity index (χ2n) is 3.03. The quantitative estimate of drug-likeness (QED) is 0.595. The van der Waals surface area contributed by atoms with Gasteiger partial charge in [-0.15, -0.1) is 0 Å². The van der Waals surface area contributed by atoms with Gasteiger partial charge in [-0.1, -0.05) is 12.2 Å². The molecular weight excluding hydrogens is 217 g/mol. The van der Waals surface area contributed by atoms with Crippen molar-refractivity contribution in [2.75, 3.05) is 0 Å². The van der Waals surface area contributed by atoms with Gasteiger partial charge >= 0.3 is 12.1 Å². The molecule has 0 amide bonds. The largest absolute Gasteiger partial charge is 0.479 e. The van der Waals surface area contributed by atoms with Gasteiger partial charge in [0.1, 0.15) is 6.10 Å². The summed E-state index contributed by atoms with van der Waals surface area (Å²) in [6.07, 6.45) is -5.49. The van der Waals surface area contributed by atoms with Gasteiger partial charge in [-0.25, -0.2) is 4.79 Å². The Kier molecular flexibility index (Phi) is 2.62. The number of carboxylic acids is 1. The van der Waals surface area contributed by atoms with Crippen LogP contribution in [0.3, 0.4) is 0 Å². The number of halogens is 3. The van der Waals surface area contributed by atoms with Gasteiger partial charge in [0.2, 0.25) is 5.60 Å². The molecule has 1 rings (SSSR count). The van der Waals surface area contributed by atoms with Gasteiger partial charge in [0, 0.05) is 0 Å². The number of aliphatic hydroxyl groups is 2. The van der Waals surface area contributed by atoms with Gasteiger partial charge in [-0.2, -0.15) is 13.2 Å². The van der Waals surface area contributed by atoms with Gasteiger partial charge < -0.3 is 15.3 Å². The molecule has 0 bridgehead atoms. The second kappa shape index (κ2) is 3.35. The van der Waals surface area contributed by atoms with Gasteiger partial charge in [-0.3, -0.25) is 0 Å². The molecule has 15 heavy (non-hydrogen) atoms. The van der Waals surface area contributed by atoms with E-state index in [1.807, 2.05) is 0 Å². The van der Waals surface area contributed by atoms with Crippen molar-refractivity contribution in [1.82, 2.24) is 0 Å². The summed E-state index contributed by atoms with van der Waals surface area (Å²) < 4.78 is 36.5. The fourth-order valence-corrected chi connectivity index (χ4v) is 1.08. The monoisotopic (exact) mass is 224 g/mol. The van der Waals surface area contributed by atoms with E-state index < -0.39 is 29.4 Å². The van der Waals surface area contributed by atoms with Crippen LogP contribution in [0.4, 0.5) is 13.2 Å². The number of allylic oxidation sites excluding steroid dienone is 2. The molecule has 0 spiro atoms. The lowest BCUT2D eigenvalue weighted by molar-refractivity contribution is -0.161. The summed E-state index contributed by atoms with van der Waals surface area (Å²) >= 11 is 0. The van der Waals surface area contributed by atoms with Crippen molar-refractivity contribution in [2.24, 2.45) is 0 Å². The fraction of sp³-hybridized carbons (Fsp3) is 0.375. The maximum atomic E-state index is 12.2. The van der Waals surface area contributed by atoms with Gasteiger partial charge in [-0.05, 0) is 6.08 Å². The molecule has 2 atom stereocenters. The molecule has 0 aromatic rings. The van der Waals surface area contributed by atoms with E-state index in [1.54, 1.807) is 0 Å². The normalized spacial score (nSPS) is 31.3. The topological polar surface area (TPSA) is 77.8 Å². The molecular formula is C8H7F3O4. The summed E-state index contributed by atoms with van der Waals surface area (Å²) in [5.74, 6) is -1.94. The van der Waals surface area contributed by atoms with E-state index in [0.717, 1.165) is 0 Å². The zero-order chi connectivity index (χ0) is 11.9. The molecule has 0 saturated carbocycles. The van der Waals surface area contributed by atoms with Crippen molar-refractivity contribution < 1.29 is 33.3 Å². The molecule has 0 aromatic carbocycles. The van der Waals surface area contributed by atoms with Crippen LogP contribution in [-0.4, -0.2) is 39.2 Å². The summed E-state index contributed by atoms with van der Waals surface area (Å²) in [4.78, 5) is 10.5. The predicted octanol–water partition coefficient (Wildman–Crippen LogP) is 0.222. The number of aliphatic carboxylic acids is 1. The van der Waals surface area contributed by atoms with E-state index in [1.165, 1.54) is 0 Å². The second-order valence-corrected chi connectivity index (χ2v) is 3.03. The van der Waals surface area contributed by atoms with E-state index in [0.29, 0.717) is 12.2 Å². The minimum Gasteiger partial charge on any atom is -0.479 e. The fourth-order valence-electron chi connectivity index (χ4n) is 1.08. The first-order chi connectivity index (χ1) is 6.68. The van der Waals surface area contributed by atoms with Crippen molar-refractivity contribution >= 4 is 5.97 Å². The molecule has 0 aliphatic heterocycles. The number of hydrogen-bond donors (Lipinski definition) is 3.